The first-order valence-corrected chi connectivity index (χ1v) is 8.67. The van der Waals surface area contributed by atoms with Crippen molar-refractivity contribution in [1.29, 1.82) is 0 Å². The summed E-state index contributed by atoms with van der Waals surface area (Å²) in [7, 11) is 0.197. The topological polar surface area (TPSA) is 59.1 Å². The molecular formula is C14H22N2O4S. The van der Waals surface area contributed by atoms with Crippen molar-refractivity contribution in [2.45, 2.75) is 6.54 Å². The Labute approximate surface area is 126 Å². The largest absolute Gasteiger partial charge is 0.497 e. The van der Waals surface area contributed by atoms with Gasteiger partial charge < -0.3 is 9.47 Å². The van der Waals surface area contributed by atoms with Gasteiger partial charge in [-0.2, -0.15) is 4.31 Å². The number of rotatable bonds is 5. The Bertz CT molecular complexity index is 581. The fourth-order valence-corrected chi connectivity index (χ4v) is 3.29. The van der Waals surface area contributed by atoms with Crippen LogP contribution < -0.4 is 9.47 Å². The minimum atomic E-state index is -3.08. The van der Waals surface area contributed by atoms with Crippen molar-refractivity contribution in [2.75, 3.05) is 46.7 Å². The van der Waals surface area contributed by atoms with Crippen LogP contribution in [-0.2, 0) is 16.6 Å². The van der Waals surface area contributed by atoms with E-state index in [4.69, 9.17) is 9.47 Å². The van der Waals surface area contributed by atoms with Crippen LogP contribution in [0, 0.1) is 0 Å². The Hall–Kier alpha value is -1.31. The SMILES string of the molecule is COc1ccc(OC)c(CN2CCN(S(C)(=O)=O)CC2)c1. The molecule has 1 aliphatic rings. The van der Waals surface area contributed by atoms with Gasteiger partial charge in [0, 0.05) is 38.3 Å². The maximum absolute atomic E-state index is 11.5. The Morgan fingerprint density at radius 1 is 1.10 bits per heavy atom. The second-order valence-corrected chi connectivity index (χ2v) is 7.10. The van der Waals surface area contributed by atoms with Crippen LogP contribution in [0.15, 0.2) is 18.2 Å². The smallest absolute Gasteiger partial charge is 0.211 e. The zero-order valence-electron chi connectivity index (χ0n) is 12.7. The summed E-state index contributed by atoms with van der Waals surface area (Å²) in [5.74, 6) is 1.61. The fraction of sp³-hybridized carbons (Fsp3) is 0.571. The molecule has 0 aromatic heterocycles. The second-order valence-electron chi connectivity index (χ2n) is 5.12. The lowest BCUT2D eigenvalue weighted by atomic mass is 10.1. The van der Waals surface area contributed by atoms with Crippen LogP contribution in [0.3, 0.4) is 0 Å². The number of nitrogens with zero attached hydrogens (tertiary/aromatic N) is 2. The molecule has 0 amide bonds. The molecule has 21 heavy (non-hydrogen) atoms. The Balaban J connectivity index is 2.03. The summed E-state index contributed by atoms with van der Waals surface area (Å²) in [6, 6.07) is 5.71. The highest BCUT2D eigenvalue weighted by atomic mass is 32.2. The maximum Gasteiger partial charge on any atom is 0.211 e. The number of benzene rings is 1. The van der Waals surface area contributed by atoms with Gasteiger partial charge in [-0.3, -0.25) is 4.90 Å². The normalized spacial score (nSPS) is 17.7. The highest BCUT2D eigenvalue weighted by Crippen LogP contribution is 2.25. The Kier molecular flexibility index (Phi) is 5.08. The number of methoxy groups -OCH3 is 2. The highest BCUT2D eigenvalue weighted by Gasteiger charge is 2.23. The molecule has 0 radical (unpaired) electrons. The molecule has 7 heteroatoms. The van der Waals surface area contributed by atoms with E-state index in [9.17, 15) is 8.42 Å². The number of sulfonamides is 1. The van der Waals surface area contributed by atoms with Gasteiger partial charge in [0.05, 0.1) is 20.5 Å². The van der Waals surface area contributed by atoms with Crippen LogP contribution in [-0.4, -0.2) is 64.3 Å². The molecule has 0 spiro atoms. The van der Waals surface area contributed by atoms with Crippen molar-refractivity contribution in [2.24, 2.45) is 0 Å². The standard InChI is InChI=1S/C14H22N2O4S/c1-19-13-4-5-14(20-2)12(10-13)11-15-6-8-16(9-7-15)21(3,17)18/h4-5,10H,6-9,11H2,1-3H3. The average molecular weight is 314 g/mol. The third kappa shape index (κ3) is 4.09. The minimum Gasteiger partial charge on any atom is -0.497 e. The van der Waals surface area contributed by atoms with Crippen molar-refractivity contribution in [3.05, 3.63) is 23.8 Å². The molecule has 0 unspecified atom stereocenters. The monoisotopic (exact) mass is 314 g/mol. The van der Waals surface area contributed by atoms with Crippen LogP contribution in [0.4, 0.5) is 0 Å². The number of ether oxygens (including phenoxy) is 2. The summed E-state index contributed by atoms with van der Waals surface area (Å²) in [5.41, 5.74) is 1.05. The van der Waals surface area contributed by atoms with Crippen molar-refractivity contribution < 1.29 is 17.9 Å². The molecule has 0 bridgehead atoms. The van der Waals surface area contributed by atoms with E-state index in [2.05, 4.69) is 4.90 Å². The number of hydrogen-bond acceptors (Lipinski definition) is 5. The van der Waals surface area contributed by atoms with Gasteiger partial charge in [0.15, 0.2) is 0 Å². The van der Waals surface area contributed by atoms with Crippen LogP contribution in [0.2, 0.25) is 0 Å². The Morgan fingerprint density at radius 2 is 1.76 bits per heavy atom. The van der Waals surface area contributed by atoms with E-state index in [0.717, 1.165) is 23.6 Å². The van der Waals surface area contributed by atoms with E-state index >= 15 is 0 Å². The summed E-state index contributed by atoms with van der Waals surface area (Å²) >= 11 is 0. The molecule has 2 rings (SSSR count). The van der Waals surface area contributed by atoms with E-state index in [1.54, 1.807) is 14.2 Å². The molecule has 0 N–H and O–H groups in total. The van der Waals surface area contributed by atoms with E-state index in [-0.39, 0.29) is 0 Å². The Morgan fingerprint density at radius 3 is 2.29 bits per heavy atom. The molecule has 6 nitrogen and oxygen atoms in total. The van der Waals surface area contributed by atoms with Crippen molar-refractivity contribution in [3.8, 4) is 11.5 Å². The minimum absolute atomic E-state index is 0.533. The molecular weight excluding hydrogens is 292 g/mol. The van der Waals surface area contributed by atoms with Crippen molar-refractivity contribution >= 4 is 10.0 Å². The van der Waals surface area contributed by atoms with Gasteiger partial charge in [0.2, 0.25) is 10.0 Å². The first-order valence-electron chi connectivity index (χ1n) is 6.82. The van der Waals surface area contributed by atoms with Crippen LogP contribution in [0.25, 0.3) is 0 Å². The lowest BCUT2D eigenvalue weighted by molar-refractivity contribution is 0.180. The van der Waals surface area contributed by atoms with Gasteiger partial charge in [-0.25, -0.2) is 8.42 Å². The van der Waals surface area contributed by atoms with Gasteiger partial charge in [-0.1, -0.05) is 0 Å². The van der Waals surface area contributed by atoms with Crippen LogP contribution >= 0.6 is 0 Å². The van der Waals surface area contributed by atoms with E-state index in [0.29, 0.717) is 26.2 Å². The van der Waals surface area contributed by atoms with Gasteiger partial charge >= 0.3 is 0 Å². The molecule has 1 aromatic rings. The zero-order chi connectivity index (χ0) is 15.5. The summed E-state index contributed by atoms with van der Waals surface area (Å²) in [6.07, 6.45) is 1.26. The van der Waals surface area contributed by atoms with Crippen molar-refractivity contribution in [1.82, 2.24) is 9.21 Å². The quantitative estimate of drug-likeness (QED) is 0.804. The zero-order valence-corrected chi connectivity index (χ0v) is 13.5. The fourth-order valence-electron chi connectivity index (χ4n) is 2.47. The summed E-state index contributed by atoms with van der Waals surface area (Å²) < 4.78 is 35.1. The molecule has 1 aromatic carbocycles. The average Bonchev–Trinajstić information content (AvgIpc) is 2.46. The lowest BCUT2D eigenvalue weighted by Crippen LogP contribution is -2.47. The molecule has 1 fully saturated rings. The van der Waals surface area contributed by atoms with Gasteiger partial charge in [-0.05, 0) is 18.2 Å². The van der Waals surface area contributed by atoms with Gasteiger partial charge in [0.25, 0.3) is 0 Å². The molecule has 1 aliphatic heterocycles. The van der Waals surface area contributed by atoms with Gasteiger partial charge in [-0.15, -0.1) is 0 Å². The third-order valence-electron chi connectivity index (χ3n) is 3.68. The summed E-state index contributed by atoms with van der Waals surface area (Å²) in [6.45, 7) is 3.22. The molecule has 1 saturated heterocycles. The molecule has 1 heterocycles. The van der Waals surface area contributed by atoms with Crippen molar-refractivity contribution in [3.63, 3.8) is 0 Å². The predicted molar refractivity (Wildman–Crippen MR) is 81.2 cm³/mol. The highest BCUT2D eigenvalue weighted by molar-refractivity contribution is 7.88. The maximum atomic E-state index is 11.5. The van der Waals surface area contributed by atoms with Crippen LogP contribution in [0.1, 0.15) is 5.56 Å². The first-order chi connectivity index (χ1) is 9.94. The molecule has 118 valence electrons. The number of hydrogen-bond donors (Lipinski definition) is 0. The molecule has 0 aliphatic carbocycles. The summed E-state index contributed by atoms with van der Waals surface area (Å²) in [5, 5.41) is 0. The van der Waals surface area contributed by atoms with E-state index in [1.165, 1.54) is 10.6 Å². The molecule has 0 saturated carbocycles. The predicted octanol–water partition coefficient (Wildman–Crippen LogP) is 0.781. The summed E-state index contributed by atoms with van der Waals surface area (Å²) in [4.78, 5) is 2.22. The lowest BCUT2D eigenvalue weighted by Gasteiger charge is -2.33. The van der Waals surface area contributed by atoms with Crippen LogP contribution in [0.5, 0.6) is 11.5 Å². The van der Waals surface area contributed by atoms with E-state index < -0.39 is 10.0 Å². The first kappa shape index (κ1) is 16.1. The molecule has 0 atom stereocenters. The second kappa shape index (κ2) is 6.64. The number of piperazine rings is 1. The van der Waals surface area contributed by atoms with E-state index in [1.807, 2.05) is 18.2 Å². The van der Waals surface area contributed by atoms with Gasteiger partial charge in [0.1, 0.15) is 11.5 Å². The third-order valence-corrected chi connectivity index (χ3v) is 4.98.